The molecule has 3 N–H and O–H groups in total. The number of aliphatic hydroxyl groups excluding tert-OH is 1. The summed E-state index contributed by atoms with van der Waals surface area (Å²) >= 11 is 0. The molecule has 32 heavy (non-hydrogen) atoms. The van der Waals surface area contributed by atoms with Gasteiger partial charge < -0.3 is 19.5 Å². The molecule has 4 aromatic rings. The van der Waals surface area contributed by atoms with Gasteiger partial charge in [0.05, 0.1) is 28.3 Å². The van der Waals surface area contributed by atoms with Crippen LogP contribution in [0, 0.1) is 24.1 Å². The molecule has 1 aromatic carbocycles. The minimum Gasteiger partial charge on any atom is -0.508 e. The number of nitrogens with zero attached hydrogens (tertiary/aromatic N) is 4. The van der Waals surface area contributed by atoms with E-state index in [4.69, 9.17) is 4.42 Å². The van der Waals surface area contributed by atoms with Crippen molar-refractivity contribution in [2.24, 2.45) is 0 Å². The molecular formula is C23H20FN5O3. The van der Waals surface area contributed by atoms with Gasteiger partial charge in [-0.25, -0.2) is 9.37 Å². The van der Waals surface area contributed by atoms with E-state index in [2.05, 4.69) is 21.3 Å². The minimum atomic E-state index is -0.696. The van der Waals surface area contributed by atoms with Gasteiger partial charge in [0.15, 0.2) is 11.5 Å². The fourth-order valence-corrected chi connectivity index (χ4v) is 4.17. The van der Waals surface area contributed by atoms with Gasteiger partial charge in [-0.15, -0.1) is 0 Å². The number of phenolic OH excluding ortho intramolecular Hbond substituents is 1. The van der Waals surface area contributed by atoms with E-state index in [-0.39, 0.29) is 28.7 Å². The predicted molar refractivity (Wildman–Crippen MR) is 116 cm³/mol. The molecule has 0 spiro atoms. The lowest BCUT2D eigenvalue weighted by Crippen LogP contribution is -2.35. The molecule has 3 aromatic heterocycles. The maximum atomic E-state index is 14.7. The molecule has 1 saturated heterocycles. The number of rotatable bonds is 3. The molecule has 0 aliphatic carbocycles. The Hall–Kier alpha value is -3.90. The second kappa shape index (κ2) is 7.66. The van der Waals surface area contributed by atoms with Gasteiger partial charge in [-0.1, -0.05) is 0 Å². The standard InChI is InChI=1S/C23H20FN5O3/c1-12-20-21(18-4-5-19(32-18)29-8-6-13(30)7-9-29)16(11-25)22(26-23(20)28-27-12)15-3-2-14(31)10-17(15)24/h2-5,10,13,30-31H,6-9H2,1H3,(H,26,27,28). The molecule has 0 amide bonds. The highest BCUT2D eigenvalue weighted by Gasteiger charge is 2.26. The van der Waals surface area contributed by atoms with Crippen molar-refractivity contribution in [3.63, 3.8) is 0 Å². The zero-order chi connectivity index (χ0) is 22.4. The highest BCUT2D eigenvalue weighted by Crippen LogP contribution is 2.40. The first-order valence-electron chi connectivity index (χ1n) is 10.3. The molecule has 1 fully saturated rings. The number of piperidine rings is 1. The Morgan fingerprint density at radius 2 is 2.03 bits per heavy atom. The summed E-state index contributed by atoms with van der Waals surface area (Å²) in [6, 6.07) is 9.48. The monoisotopic (exact) mass is 433 g/mol. The number of phenols is 1. The molecule has 0 atom stereocenters. The quantitative estimate of drug-likeness (QED) is 0.448. The van der Waals surface area contributed by atoms with Crippen molar-refractivity contribution in [3.8, 4) is 34.4 Å². The van der Waals surface area contributed by atoms with Crippen LogP contribution in [-0.4, -0.2) is 44.6 Å². The molecule has 0 unspecified atom stereocenters. The summed E-state index contributed by atoms with van der Waals surface area (Å²) in [7, 11) is 0. The van der Waals surface area contributed by atoms with Gasteiger partial charge >= 0.3 is 0 Å². The second-order valence-corrected chi connectivity index (χ2v) is 7.89. The van der Waals surface area contributed by atoms with Crippen molar-refractivity contribution in [1.29, 1.82) is 5.26 Å². The molecular weight excluding hydrogens is 413 g/mol. The van der Waals surface area contributed by atoms with Gasteiger partial charge in [0.2, 0.25) is 0 Å². The van der Waals surface area contributed by atoms with Crippen LogP contribution in [0.15, 0.2) is 34.7 Å². The topological polar surface area (TPSA) is 122 Å². The first kappa shape index (κ1) is 20.0. The number of aromatic amines is 1. The van der Waals surface area contributed by atoms with Crippen LogP contribution >= 0.6 is 0 Å². The first-order valence-corrected chi connectivity index (χ1v) is 10.3. The Morgan fingerprint density at radius 3 is 2.75 bits per heavy atom. The number of aliphatic hydroxyl groups is 1. The number of H-pyrrole nitrogens is 1. The van der Waals surface area contributed by atoms with E-state index in [1.165, 1.54) is 12.1 Å². The summed E-state index contributed by atoms with van der Waals surface area (Å²) in [6.45, 7) is 3.15. The Bertz CT molecular complexity index is 1360. The molecule has 8 nitrogen and oxygen atoms in total. The molecule has 1 aliphatic rings. The van der Waals surface area contributed by atoms with E-state index in [0.29, 0.717) is 59.9 Å². The number of hydrogen-bond donors (Lipinski definition) is 3. The number of halogens is 1. The summed E-state index contributed by atoms with van der Waals surface area (Å²) in [5, 5.41) is 37.1. The van der Waals surface area contributed by atoms with E-state index >= 15 is 0 Å². The van der Waals surface area contributed by atoms with Gasteiger partial charge in [-0.2, -0.15) is 10.4 Å². The summed E-state index contributed by atoms with van der Waals surface area (Å²) < 4.78 is 20.8. The number of pyridine rings is 1. The number of furan rings is 1. The zero-order valence-corrected chi connectivity index (χ0v) is 17.3. The van der Waals surface area contributed by atoms with E-state index in [9.17, 15) is 19.9 Å². The summed E-state index contributed by atoms with van der Waals surface area (Å²) in [6.07, 6.45) is 1.01. The van der Waals surface area contributed by atoms with E-state index in [1.54, 1.807) is 6.07 Å². The lowest BCUT2D eigenvalue weighted by Gasteiger charge is -2.29. The highest BCUT2D eigenvalue weighted by molar-refractivity contribution is 5.99. The lowest BCUT2D eigenvalue weighted by atomic mass is 9.96. The summed E-state index contributed by atoms with van der Waals surface area (Å²) in [5.41, 5.74) is 1.88. The number of hydrogen-bond acceptors (Lipinski definition) is 7. The maximum Gasteiger partial charge on any atom is 0.196 e. The largest absolute Gasteiger partial charge is 0.508 e. The molecule has 0 radical (unpaired) electrons. The highest BCUT2D eigenvalue weighted by atomic mass is 19.1. The molecule has 0 saturated carbocycles. The first-order chi connectivity index (χ1) is 15.5. The fraction of sp³-hybridized carbons (Fsp3) is 0.261. The average Bonchev–Trinajstić information content (AvgIpc) is 3.40. The van der Waals surface area contributed by atoms with Gasteiger partial charge in [0, 0.05) is 36.5 Å². The van der Waals surface area contributed by atoms with Crippen molar-refractivity contribution < 1.29 is 19.0 Å². The SMILES string of the molecule is Cc1[nH]nc2nc(-c3ccc(O)cc3F)c(C#N)c(-c3ccc(N4CCC(O)CC4)o3)c12. The number of benzene rings is 1. The van der Waals surface area contributed by atoms with E-state index < -0.39 is 5.82 Å². The predicted octanol–water partition coefficient (Wildman–Crippen LogP) is 3.87. The van der Waals surface area contributed by atoms with E-state index in [0.717, 1.165) is 6.07 Å². The van der Waals surface area contributed by atoms with Gasteiger partial charge in [0.25, 0.3) is 0 Å². The van der Waals surface area contributed by atoms with Crippen molar-refractivity contribution in [3.05, 3.63) is 47.4 Å². The molecule has 162 valence electrons. The fourth-order valence-electron chi connectivity index (χ4n) is 4.17. The van der Waals surface area contributed by atoms with Crippen molar-refractivity contribution in [2.45, 2.75) is 25.9 Å². The third kappa shape index (κ3) is 3.25. The average molecular weight is 433 g/mol. The number of nitriles is 1. The van der Waals surface area contributed by atoms with Crippen molar-refractivity contribution >= 4 is 16.9 Å². The maximum absolute atomic E-state index is 14.7. The van der Waals surface area contributed by atoms with Crippen LogP contribution in [0.5, 0.6) is 5.75 Å². The molecule has 4 heterocycles. The molecule has 1 aliphatic heterocycles. The Morgan fingerprint density at radius 1 is 1.25 bits per heavy atom. The Kier molecular flexibility index (Phi) is 4.79. The number of fused-ring (bicyclic) bond motifs is 1. The third-order valence-corrected chi connectivity index (χ3v) is 5.82. The van der Waals surface area contributed by atoms with Crippen LogP contribution in [0.1, 0.15) is 24.1 Å². The molecule has 0 bridgehead atoms. The smallest absolute Gasteiger partial charge is 0.196 e. The van der Waals surface area contributed by atoms with E-state index in [1.807, 2.05) is 17.9 Å². The zero-order valence-electron chi connectivity index (χ0n) is 17.3. The lowest BCUT2D eigenvalue weighted by molar-refractivity contribution is 0.144. The van der Waals surface area contributed by atoms with Crippen LogP contribution in [0.3, 0.4) is 0 Å². The van der Waals surface area contributed by atoms with Crippen LogP contribution in [-0.2, 0) is 0 Å². The van der Waals surface area contributed by atoms with Crippen molar-refractivity contribution in [2.75, 3.05) is 18.0 Å². The van der Waals surface area contributed by atoms with Crippen LogP contribution in [0.25, 0.3) is 33.6 Å². The van der Waals surface area contributed by atoms with Gasteiger partial charge in [-0.05, 0) is 38.0 Å². The minimum absolute atomic E-state index is 0.0833. The van der Waals surface area contributed by atoms with Crippen LogP contribution in [0.2, 0.25) is 0 Å². The number of nitrogens with one attached hydrogen (secondary N) is 1. The van der Waals surface area contributed by atoms with Gasteiger partial charge in [-0.3, -0.25) is 5.10 Å². The number of anilines is 1. The second-order valence-electron chi connectivity index (χ2n) is 7.89. The van der Waals surface area contributed by atoms with Crippen LogP contribution < -0.4 is 4.90 Å². The third-order valence-electron chi connectivity index (χ3n) is 5.82. The number of aromatic hydroxyl groups is 1. The van der Waals surface area contributed by atoms with Crippen LogP contribution in [0.4, 0.5) is 10.3 Å². The summed E-state index contributed by atoms with van der Waals surface area (Å²) in [4.78, 5) is 6.50. The molecule has 9 heteroatoms. The number of aromatic nitrogens is 3. The van der Waals surface area contributed by atoms with Crippen molar-refractivity contribution in [1.82, 2.24) is 15.2 Å². The van der Waals surface area contributed by atoms with Gasteiger partial charge in [0.1, 0.15) is 23.4 Å². The Labute approximate surface area is 182 Å². The number of aryl methyl sites for hydroxylation is 1. The summed E-state index contributed by atoms with van der Waals surface area (Å²) in [5.74, 6) is 0.168. The molecule has 5 rings (SSSR count). The Balaban J connectivity index is 1.71. The normalized spacial score (nSPS) is 14.8.